The standard InChI is InChI=1S/C12H15Cl2N/c1-15(8-9-2-3-9)11-5-4-10(7-13)12(14)6-11/h4-6,9H,2-3,7-8H2,1H3. The van der Waals surface area contributed by atoms with E-state index in [0.717, 1.165) is 23.0 Å². The smallest absolute Gasteiger partial charge is 0.0488 e. The Labute approximate surface area is 101 Å². The lowest BCUT2D eigenvalue weighted by atomic mass is 10.2. The molecule has 1 aliphatic rings. The van der Waals surface area contributed by atoms with E-state index in [1.54, 1.807) is 0 Å². The highest BCUT2D eigenvalue weighted by molar-refractivity contribution is 6.32. The average molecular weight is 244 g/mol. The zero-order chi connectivity index (χ0) is 10.8. The maximum Gasteiger partial charge on any atom is 0.0488 e. The van der Waals surface area contributed by atoms with Crippen molar-refractivity contribution in [3.05, 3.63) is 28.8 Å². The summed E-state index contributed by atoms with van der Waals surface area (Å²) < 4.78 is 0. The molecule has 0 radical (unpaired) electrons. The summed E-state index contributed by atoms with van der Waals surface area (Å²) in [4.78, 5) is 2.27. The number of hydrogen-bond donors (Lipinski definition) is 0. The second kappa shape index (κ2) is 4.63. The van der Waals surface area contributed by atoms with E-state index in [9.17, 15) is 0 Å². The Hall–Kier alpha value is -0.400. The summed E-state index contributed by atoms with van der Waals surface area (Å²) in [6.07, 6.45) is 2.75. The second-order valence-corrected chi connectivity index (χ2v) is 4.91. The van der Waals surface area contributed by atoms with Gasteiger partial charge in [-0.2, -0.15) is 0 Å². The Kier molecular flexibility index (Phi) is 3.42. The van der Waals surface area contributed by atoms with E-state index in [1.165, 1.54) is 18.5 Å². The van der Waals surface area contributed by atoms with E-state index < -0.39 is 0 Å². The van der Waals surface area contributed by atoms with Crippen LogP contribution in [0.1, 0.15) is 18.4 Å². The summed E-state index contributed by atoms with van der Waals surface area (Å²) >= 11 is 11.9. The van der Waals surface area contributed by atoms with Crippen LogP contribution in [0.4, 0.5) is 5.69 Å². The Bertz CT molecular complexity index is 347. The topological polar surface area (TPSA) is 3.24 Å². The third-order valence-corrected chi connectivity index (χ3v) is 3.49. The molecule has 0 atom stereocenters. The van der Waals surface area contributed by atoms with Gasteiger partial charge in [-0.05, 0) is 36.5 Å². The first-order valence-electron chi connectivity index (χ1n) is 5.26. The molecule has 82 valence electrons. The average Bonchev–Trinajstić information content (AvgIpc) is 3.01. The van der Waals surface area contributed by atoms with Crippen LogP contribution in [0.2, 0.25) is 5.02 Å². The summed E-state index contributed by atoms with van der Waals surface area (Å²) in [5.74, 6) is 1.37. The van der Waals surface area contributed by atoms with E-state index in [-0.39, 0.29) is 0 Å². The van der Waals surface area contributed by atoms with Gasteiger partial charge in [-0.15, -0.1) is 11.6 Å². The quantitative estimate of drug-likeness (QED) is 0.725. The summed E-state index contributed by atoms with van der Waals surface area (Å²) in [6, 6.07) is 6.10. The molecule has 3 heteroatoms. The van der Waals surface area contributed by atoms with Crippen molar-refractivity contribution in [1.29, 1.82) is 0 Å². The molecular weight excluding hydrogens is 229 g/mol. The fraction of sp³-hybridized carbons (Fsp3) is 0.500. The maximum absolute atomic E-state index is 6.11. The summed E-state index contributed by atoms with van der Waals surface area (Å²) in [6.45, 7) is 1.14. The highest BCUT2D eigenvalue weighted by atomic mass is 35.5. The van der Waals surface area contributed by atoms with E-state index in [1.807, 2.05) is 12.1 Å². The first-order valence-corrected chi connectivity index (χ1v) is 6.17. The predicted octanol–water partition coefficient (Wildman–Crippen LogP) is 3.93. The van der Waals surface area contributed by atoms with Gasteiger partial charge in [0, 0.05) is 30.2 Å². The van der Waals surface area contributed by atoms with Crippen molar-refractivity contribution in [3.8, 4) is 0 Å². The molecule has 1 fully saturated rings. The Balaban J connectivity index is 2.09. The van der Waals surface area contributed by atoms with Gasteiger partial charge in [0.1, 0.15) is 0 Å². The number of hydrogen-bond acceptors (Lipinski definition) is 1. The first kappa shape index (κ1) is 11.1. The number of rotatable bonds is 4. The van der Waals surface area contributed by atoms with Gasteiger partial charge in [0.05, 0.1) is 0 Å². The lowest BCUT2D eigenvalue weighted by Crippen LogP contribution is -2.19. The molecule has 0 heterocycles. The summed E-state index contributed by atoms with van der Waals surface area (Å²) in [7, 11) is 2.12. The molecular formula is C12H15Cl2N. The van der Waals surface area contributed by atoms with Crippen molar-refractivity contribution in [2.75, 3.05) is 18.5 Å². The molecule has 0 aromatic heterocycles. The van der Waals surface area contributed by atoms with Crippen LogP contribution >= 0.6 is 23.2 Å². The van der Waals surface area contributed by atoms with Crippen LogP contribution in [0.3, 0.4) is 0 Å². The fourth-order valence-electron chi connectivity index (χ4n) is 1.68. The minimum absolute atomic E-state index is 0.478. The fourth-order valence-corrected chi connectivity index (χ4v) is 2.22. The van der Waals surface area contributed by atoms with Gasteiger partial charge < -0.3 is 4.90 Å². The van der Waals surface area contributed by atoms with Gasteiger partial charge >= 0.3 is 0 Å². The molecule has 1 saturated carbocycles. The normalized spacial score (nSPS) is 15.4. The van der Waals surface area contributed by atoms with Crippen LogP contribution in [-0.2, 0) is 5.88 Å². The molecule has 0 aliphatic heterocycles. The molecule has 0 amide bonds. The van der Waals surface area contributed by atoms with Gasteiger partial charge in [-0.3, -0.25) is 0 Å². The van der Waals surface area contributed by atoms with Crippen LogP contribution in [0.25, 0.3) is 0 Å². The predicted molar refractivity (Wildman–Crippen MR) is 67.0 cm³/mol. The molecule has 1 nitrogen and oxygen atoms in total. The van der Waals surface area contributed by atoms with Crippen molar-refractivity contribution in [2.24, 2.45) is 5.92 Å². The maximum atomic E-state index is 6.11. The highest BCUT2D eigenvalue weighted by Crippen LogP contribution is 2.32. The minimum atomic E-state index is 0.478. The number of nitrogens with zero attached hydrogens (tertiary/aromatic N) is 1. The number of anilines is 1. The van der Waals surface area contributed by atoms with Crippen LogP contribution in [-0.4, -0.2) is 13.6 Å². The summed E-state index contributed by atoms with van der Waals surface area (Å²) in [5.41, 5.74) is 2.18. The zero-order valence-corrected chi connectivity index (χ0v) is 10.4. The van der Waals surface area contributed by atoms with Crippen LogP contribution < -0.4 is 4.90 Å². The van der Waals surface area contributed by atoms with Crippen LogP contribution in [0.5, 0.6) is 0 Å². The molecule has 0 unspecified atom stereocenters. The summed E-state index contributed by atoms with van der Waals surface area (Å²) in [5, 5.41) is 0.769. The van der Waals surface area contributed by atoms with Crippen molar-refractivity contribution in [3.63, 3.8) is 0 Å². The van der Waals surface area contributed by atoms with E-state index in [4.69, 9.17) is 23.2 Å². The van der Waals surface area contributed by atoms with E-state index in [0.29, 0.717) is 5.88 Å². The zero-order valence-electron chi connectivity index (χ0n) is 8.84. The van der Waals surface area contributed by atoms with E-state index in [2.05, 4.69) is 18.0 Å². The van der Waals surface area contributed by atoms with Crippen molar-refractivity contribution in [2.45, 2.75) is 18.7 Å². The molecule has 0 spiro atoms. The van der Waals surface area contributed by atoms with Gasteiger partial charge in [0.2, 0.25) is 0 Å². The monoisotopic (exact) mass is 243 g/mol. The van der Waals surface area contributed by atoms with Gasteiger partial charge in [0.15, 0.2) is 0 Å². The number of benzene rings is 1. The molecule has 1 aliphatic carbocycles. The Morgan fingerprint density at radius 1 is 1.40 bits per heavy atom. The highest BCUT2D eigenvalue weighted by Gasteiger charge is 2.23. The largest absolute Gasteiger partial charge is 0.374 e. The molecule has 0 bridgehead atoms. The SMILES string of the molecule is CN(CC1CC1)c1ccc(CCl)c(Cl)c1. The van der Waals surface area contributed by atoms with Crippen molar-refractivity contribution >= 4 is 28.9 Å². The van der Waals surface area contributed by atoms with Gasteiger partial charge in [0.25, 0.3) is 0 Å². The lowest BCUT2D eigenvalue weighted by Gasteiger charge is -2.19. The Morgan fingerprint density at radius 2 is 2.13 bits per heavy atom. The molecule has 1 aromatic rings. The first-order chi connectivity index (χ1) is 7.20. The van der Waals surface area contributed by atoms with Gasteiger partial charge in [-0.1, -0.05) is 17.7 Å². The molecule has 2 rings (SSSR count). The molecule has 1 aromatic carbocycles. The Morgan fingerprint density at radius 3 is 2.67 bits per heavy atom. The molecule has 0 N–H and O–H groups in total. The lowest BCUT2D eigenvalue weighted by molar-refractivity contribution is 0.787. The third kappa shape index (κ3) is 2.79. The van der Waals surface area contributed by atoms with Gasteiger partial charge in [-0.25, -0.2) is 0 Å². The third-order valence-electron chi connectivity index (χ3n) is 2.85. The van der Waals surface area contributed by atoms with E-state index >= 15 is 0 Å². The minimum Gasteiger partial charge on any atom is -0.374 e. The molecule has 0 saturated heterocycles. The second-order valence-electron chi connectivity index (χ2n) is 4.23. The number of halogens is 2. The number of alkyl halides is 1. The van der Waals surface area contributed by atoms with Crippen molar-refractivity contribution in [1.82, 2.24) is 0 Å². The van der Waals surface area contributed by atoms with Crippen LogP contribution in [0.15, 0.2) is 18.2 Å². The van der Waals surface area contributed by atoms with Crippen LogP contribution in [0, 0.1) is 5.92 Å². The van der Waals surface area contributed by atoms with Crippen molar-refractivity contribution < 1.29 is 0 Å². The molecule has 15 heavy (non-hydrogen) atoms.